The lowest BCUT2D eigenvalue weighted by Gasteiger charge is -2.04. The number of H-pyrrole nitrogens is 2. The standard InChI is InChI=1S/C21H12N2O4/c24-10-5-1-3-8-14-16-12(26)7-13(27)17(16)15-9-4-2-6-11(25)19(9)23-21(15)20(14)22-18(8)10/h1-6,22-25H,7H2. The number of para-hydroxylation sites is 2. The second-order valence-electron chi connectivity index (χ2n) is 6.92. The van der Waals surface area contributed by atoms with Gasteiger partial charge in [0.25, 0.3) is 0 Å². The topological polar surface area (TPSA) is 106 Å². The molecule has 0 aliphatic heterocycles. The summed E-state index contributed by atoms with van der Waals surface area (Å²) >= 11 is 0. The minimum absolute atomic E-state index is 0.0707. The molecule has 2 aromatic heterocycles. The van der Waals surface area contributed by atoms with Crippen molar-refractivity contribution < 1.29 is 19.8 Å². The quantitative estimate of drug-likeness (QED) is 0.313. The number of aromatic hydroxyl groups is 2. The molecule has 3 aromatic carbocycles. The zero-order valence-electron chi connectivity index (χ0n) is 13.9. The third kappa shape index (κ3) is 1.56. The van der Waals surface area contributed by atoms with E-state index in [0.717, 1.165) is 0 Å². The van der Waals surface area contributed by atoms with Gasteiger partial charge < -0.3 is 20.2 Å². The number of nitrogens with one attached hydrogen (secondary N) is 2. The smallest absolute Gasteiger partial charge is 0.172 e. The van der Waals surface area contributed by atoms with Gasteiger partial charge in [0, 0.05) is 32.7 Å². The Hall–Kier alpha value is -3.80. The molecule has 1 aliphatic rings. The number of phenolic OH excluding ortho intramolecular Hbond substituents is 2. The summed E-state index contributed by atoms with van der Waals surface area (Å²) in [6.45, 7) is 0. The zero-order valence-corrected chi connectivity index (χ0v) is 13.9. The summed E-state index contributed by atoms with van der Waals surface area (Å²) in [6, 6.07) is 10.2. The Labute approximate surface area is 151 Å². The van der Waals surface area contributed by atoms with E-state index in [0.29, 0.717) is 54.7 Å². The summed E-state index contributed by atoms with van der Waals surface area (Å²) in [5.41, 5.74) is 3.08. The number of aromatic amines is 2. The normalized spacial score (nSPS) is 14.2. The molecule has 0 atom stereocenters. The highest BCUT2D eigenvalue weighted by Crippen LogP contribution is 2.45. The van der Waals surface area contributed by atoms with Gasteiger partial charge in [-0.2, -0.15) is 0 Å². The van der Waals surface area contributed by atoms with E-state index in [2.05, 4.69) is 9.97 Å². The number of phenols is 2. The monoisotopic (exact) mass is 356 g/mol. The van der Waals surface area contributed by atoms with Crippen molar-refractivity contribution in [2.75, 3.05) is 0 Å². The number of fused-ring (bicyclic) bond motifs is 10. The lowest BCUT2D eigenvalue weighted by molar-refractivity contribution is 0.0924. The van der Waals surface area contributed by atoms with Crippen LogP contribution in [-0.2, 0) is 0 Å². The van der Waals surface area contributed by atoms with Crippen LogP contribution >= 0.6 is 0 Å². The number of hydrogen-bond donors (Lipinski definition) is 4. The predicted molar refractivity (Wildman–Crippen MR) is 102 cm³/mol. The van der Waals surface area contributed by atoms with E-state index in [1.54, 1.807) is 24.3 Å². The second kappa shape index (κ2) is 4.48. The Kier molecular flexibility index (Phi) is 2.38. The van der Waals surface area contributed by atoms with Crippen LogP contribution in [0.2, 0.25) is 0 Å². The molecule has 27 heavy (non-hydrogen) atoms. The van der Waals surface area contributed by atoms with Gasteiger partial charge in [0.1, 0.15) is 11.5 Å². The van der Waals surface area contributed by atoms with Crippen LogP contribution in [0.3, 0.4) is 0 Å². The highest BCUT2D eigenvalue weighted by molar-refractivity contribution is 6.40. The SMILES string of the molecule is O=C1CC(=O)c2c1c1c3cccc(O)c3[nH]c1c1[nH]c3c(O)cccc3c21. The van der Waals surface area contributed by atoms with Crippen molar-refractivity contribution in [3.63, 3.8) is 0 Å². The fourth-order valence-corrected chi connectivity index (χ4v) is 4.43. The third-order valence-corrected chi connectivity index (χ3v) is 5.50. The Morgan fingerprint density at radius 1 is 0.667 bits per heavy atom. The van der Waals surface area contributed by atoms with Gasteiger partial charge in [0.15, 0.2) is 11.6 Å². The van der Waals surface area contributed by atoms with E-state index < -0.39 is 0 Å². The number of carbonyl (C=O) groups excluding carboxylic acids is 2. The summed E-state index contributed by atoms with van der Waals surface area (Å²) in [4.78, 5) is 31.9. The van der Waals surface area contributed by atoms with Gasteiger partial charge >= 0.3 is 0 Å². The molecule has 0 unspecified atom stereocenters. The molecule has 4 N–H and O–H groups in total. The number of aromatic nitrogens is 2. The van der Waals surface area contributed by atoms with Crippen LogP contribution in [0.25, 0.3) is 43.6 Å². The molecule has 6 rings (SSSR count). The molecular formula is C21H12N2O4. The molecule has 130 valence electrons. The van der Waals surface area contributed by atoms with Gasteiger partial charge in [0.2, 0.25) is 0 Å². The summed E-state index contributed by atoms with van der Waals surface area (Å²) in [5, 5.41) is 23.2. The third-order valence-electron chi connectivity index (χ3n) is 5.50. The maximum absolute atomic E-state index is 12.7. The van der Waals surface area contributed by atoms with Crippen molar-refractivity contribution in [3.8, 4) is 11.5 Å². The molecule has 0 fully saturated rings. The van der Waals surface area contributed by atoms with Gasteiger partial charge in [-0.05, 0) is 12.1 Å². The maximum atomic E-state index is 12.7. The molecule has 0 radical (unpaired) electrons. The summed E-state index contributed by atoms with van der Waals surface area (Å²) in [7, 11) is 0. The zero-order chi connectivity index (χ0) is 18.4. The molecule has 0 spiro atoms. The first-order valence-electron chi connectivity index (χ1n) is 8.55. The fraction of sp³-hybridized carbons (Fsp3) is 0.0476. The molecule has 6 heteroatoms. The summed E-state index contributed by atoms with van der Waals surface area (Å²) < 4.78 is 0. The van der Waals surface area contributed by atoms with Crippen LogP contribution in [0, 0.1) is 0 Å². The van der Waals surface area contributed by atoms with E-state index in [9.17, 15) is 19.8 Å². The number of hydrogen-bond acceptors (Lipinski definition) is 4. The Bertz CT molecular complexity index is 1390. The molecule has 1 aliphatic carbocycles. The lowest BCUT2D eigenvalue weighted by Crippen LogP contribution is -1.94. The summed E-state index contributed by atoms with van der Waals surface area (Å²) in [5.74, 6) is -0.302. The highest BCUT2D eigenvalue weighted by Gasteiger charge is 2.35. The van der Waals surface area contributed by atoms with Crippen molar-refractivity contribution >= 4 is 55.2 Å². The number of ketones is 2. The van der Waals surface area contributed by atoms with Crippen LogP contribution < -0.4 is 0 Å². The van der Waals surface area contributed by atoms with Crippen molar-refractivity contribution in [1.29, 1.82) is 0 Å². The highest BCUT2D eigenvalue weighted by atomic mass is 16.3. The second-order valence-corrected chi connectivity index (χ2v) is 6.92. The largest absolute Gasteiger partial charge is 0.506 e. The molecule has 5 aromatic rings. The number of carbonyl (C=O) groups is 2. The van der Waals surface area contributed by atoms with Crippen LogP contribution in [0.4, 0.5) is 0 Å². The minimum Gasteiger partial charge on any atom is -0.506 e. The average Bonchev–Trinajstić information content (AvgIpc) is 3.28. The van der Waals surface area contributed by atoms with Gasteiger partial charge in [-0.25, -0.2) is 0 Å². The molecule has 0 saturated carbocycles. The van der Waals surface area contributed by atoms with E-state index in [1.165, 1.54) is 0 Å². The molecule has 2 heterocycles. The molecule has 0 amide bonds. The van der Waals surface area contributed by atoms with Gasteiger partial charge in [0.05, 0.1) is 28.5 Å². The number of rotatable bonds is 0. The fourth-order valence-electron chi connectivity index (χ4n) is 4.43. The van der Waals surface area contributed by atoms with Gasteiger partial charge in [-0.1, -0.05) is 24.3 Å². The van der Waals surface area contributed by atoms with E-state index in [1.807, 2.05) is 12.1 Å². The molecule has 0 saturated heterocycles. The van der Waals surface area contributed by atoms with Crippen LogP contribution in [-0.4, -0.2) is 31.7 Å². The van der Waals surface area contributed by atoms with Crippen molar-refractivity contribution in [2.45, 2.75) is 6.42 Å². The Morgan fingerprint density at radius 3 is 1.56 bits per heavy atom. The van der Waals surface area contributed by atoms with E-state index in [4.69, 9.17) is 0 Å². The Morgan fingerprint density at radius 2 is 1.11 bits per heavy atom. The van der Waals surface area contributed by atoms with Crippen LogP contribution in [0.15, 0.2) is 36.4 Å². The van der Waals surface area contributed by atoms with Gasteiger partial charge in [-0.3, -0.25) is 9.59 Å². The molecular weight excluding hydrogens is 344 g/mol. The lowest BCUT2D eigenvalue weighted by atomic mass is 9.96. The van der Waals surface area contributed by atoms with Gasteiger partial charge in [-0.15, -0.1) is 0 Å². The van der Waals surface area contributed by atoms with Crippen LogP contribution in [0.1, 0.15) is 27.1 Å². The minimum atomic E-state index is -0.222. The average molecular weight is 356 g/mol. The van der Waals surface area contributed by atoms with Crippen molar-refractivity contribution in [2.24, 2.45) is 0 Å². The summed E-state index contributed by atoms with van der Waals surface area (Å²) in [6.07, 6.45) is -0.166. The first kappa shape index (κ1) is 14.4. The first-order valence-corrected chi connectivity index (χ1v) is 8.55. The maximum Gasteiger partial charge on any atom is 0.172 e. The molecule has 6 nitrogen and oxygen atoms in total. The van der Waals surface area contributed by atoms with Crippen molar-refractivity contribution in [3.05, 3.63) is 47.5 Å². The Balaban J connectivity index is 2.03. The van der Waals surface area contributed by atoms with E-state index >= 15 is 0 Å². The number of benzene rings is 3. The predicted octanol–water partition coefficient (Wildman–Crippen LogP) is 4.14. The van der Waals surface area contributed by atoms with Crippen molar-refractivity contribution in [1.82, 2.24) is 9.97 Å². The van der Waals surface area contributed by atoms with Crippen LogP contribution in [0.5, 0.6) is 11.5 Å². The first-order chi connectivity index (χ1) is 13.1. The molecule has 0 bridgehead atoms. The number of Topliss-reactive ketones (excluding diaryl/α,β-unsaturated/α-hetero) is 2. The van der Waals surface area contributed by atoms with E-state index in [-0.39, 0.29) is 29.5 Å².